The van der Waals surface area contributed by atoms with E-state index in [2.05, 4.69) is 0 Å². The van der Waals surface area contributed by atoms with Gasteiger partial charge in [-0.05, 0) is 24.1 Å². The lowest BCUT2D eigenvalue weighted by atomic mass is 10.1. The summed E-state index contributed by atoms with van der Waals surface area (Å²) in [5.41, 5.74) is 1.44. The predicted octanol–water partition coefficient (Wildman–Crippen LogP) is 1.58. The lowest BCUT2D eigenvalue weighted by molar-refractivity contribution is 0.369. The number of nitrogens with zero attached hydrogens (tertiary/aromatic N) is 3. The summed E-state index contributed by atoms with van der Waals surface area (Å²) in [7, 11) is -0.364. The van der Waals surface area contributed by atoms with E-state index in [0.29, 0.717) is 18.7 Å². The Morgan fingerprint density at radius 3 is 2.21 bits per heavy atom. The van der Waals surface area contributed by atoms with E-state index < -0.39 is 10.2 Å². The first-order valence-electron chi connectivity index (χ1n) is 6.08. The molecular formula is C13H19N3O2S. The van der Waals surface area contributed by atoms with Gasteiger partial charge in [0, 0.05) is 27.2 Å². The summed E-state index contributed by atoms with van der Waals surface area (Å²) in [5.74, 6) is 0. The van der Waals surface area contributed by atoms with Crippen LogP contribution in [0, 0.1) is 11.3 Å². The van der Waals surface area contributed by atoms with Crippen LogP contribution in [0.25, 0.3) is 0 Å². The molecular weight excluding hydrogens is 262 g/mol. The van der Waals surface area contributed by atoms with E-state index in [9.17, 15) is 8.42 Å². The van der Waals surface area contributed by atoms with Gasteiger partial charge in [-0.15, -0.1) is 0 Å². The Morgan fingerprint density at radius 1 is 1.21 bits per heavy atom. The zero-order chi connectivity index (χ0) is 14.5. The van der Waals surface area contributed by atoms with Gasteiger partial charge < -0.3 is 0 Å². The maximum Gasteiger partial charge on any atom is 0.281 e. The van der Waals surface area contributed by atoms with Crippen molar-refractivity contribution in [1.82, 2.24) is 8.61 Å². The molecule has 0 bridgehead atoms. The van der Waals surface area contributed by atoms with Crippen LogP contribution in [0.2, 0.25) is 0 Å². The Balaban J connectivity index is 2.93. The van der Waals surface area contributed by atoms with Crippen molar-refractivity contribution in [2.24, 2.45) is 0 Å². The first-order chi connectivity index (χ1) is 8.91. The van der Waals surface area contributed by atoms with Crippen molar-refractivity contribution >= 4 is 10.2 Å². The van der Waals surface area contributed by atoms with E-state index in [-0.39, 0.29) is 0 Å². The number of rotatable bonds is 6. The molecule has 0 N–H and O–H groups in total. The van der Waals surface area contributed by atoms with Gasteiger partial charge in [0.05, 0.1) is 11.6 Å². The summed E-state index contributed by atoms with van der Waals surface area (Å²) in [6.07, 6.45) is 0.753. The van der Waals surface area contributed by atoms with Gasteiger partial charge in [0.2, 0.25) is 0 Å². The third-order valence-electron chi connectivity index (χ3n) is 2.70. The van der Waals surface area contributed by atoms with E-state index in [1.165, 1.54) is 22.7 Å². The average Bonchev–Trinajstić information content (AvgIpc) is 2.38. The van der Waals surface area contributed by atoms with Crippen LogP contribution in [0.3, 0.4) is 0 Å². The van der Waals surface area contributed by atoms with Gasteiger partial charge in [0.25, 0.3) is 10.2 Å². The Labute approximate surface area is 115 Å². The number of hydrogen-bond acceptors (Lipinski definition) is 3. The average molecular weight is 281 g/mol. The molecule has 19 heavy (non-hydrogen) atoms. The molecule has 0 aliphatic rings. The third-order valence-corrected chi connectivity index (χ3v) is 4.59. The maximum absolute atomic E-state index is 12.1. The highest BCUT2D eigenvalue weighted by Gasteiger charge is 2.23. The van der Waals surface area contributed by atoms with Crippen molar-refractivity contribution in [3.05, 3.63) is 35.4 Å². The molecule has 0 aromatic heterocycles. The summed E-state index contributed by atoms with van der Waals surface area (Å²) < 4.78 is 26.9. The SMILES string of the molecule is CCCN(Cc1ccc(C#N)cc1)S(=O)(=O)N(C)C. The van der Waals surface area contributed by atoms with Gasteiger partial charge >= 0.3 is 0 Å². The fourth-order valence-corrected chi connectivity index (χ4v) is 2.83. The summed E-state index contributed by atoms with van der Waals surface area (Å²) in [5, 5.41) is 8.73. The molecule has 0 amide bonds. The highest BCUT2D eigenvalue weighted by Crippen LogP contribution is 2.13. The second-order valence-corrected chi connectivity index (χ2v) is 6.57. The molecule has 0 heterocycles. The van der Waals surface area contributed by atoms with Gasteiger partial charge in [-0.3, -0.25) is 0 Å². The molecule has 0 radical (unpaired) electrons. The fourth-order valence-electron chi connectivity index (χ4n) is 1.64. The van der Waals surface area contributed by atoms with E-state index in [4.69, 9.17) is 5.26 Å². The molecule has 0 aliphatic carbocycles. The van der Waals surface area contributed by atoms with Crippen molar-refractivity contribution in [3.8, 4) is 6.07 Å². The van der Waals surface area contributed by atoms with E-state index in [1.807, 2.05) is 13.0 Å². The van der Waals surface area contributed by atoms with Crippen LogP contribution in [-0.2, 0) is 16.8 Å². The normalized spacial score (nSPS) is 11.8. The van der Waals surface area contributed by atoms with Gasteiger partial charge in [0.15, 0.2) is 0 Å². The zero-order valence-corrected chi connectivity index (χ0v) is 12.3. The predicted molar refractivity (Wildman–Crippen MR) is 74.5 cm³/mol. The van der Waals surface area contributed by atoms with Crippen LogP contribution in [-0.4, -0.2) is 37.7 Å². The van der Waals surface area contributed by atoms with Gasteiger partial charge in [-0.25, -0.2) is 0 Å². The summed E-state index contributed by atoms with van der Waals surface area (Å²) in [4.78, 5) is 0. The second kappa shape index (κ2) is 6.66. The Kier molecular flexibility index (Phi) is 5.48. The van der Waals surface area contributed by atoms with Crippen LogP contribution < -0.4 is 0 Å². The van der Waals surface area contributed by atoms with Crippen molar-refractivity contribution in [1.29, 1.82) is 5.26 Å². The number of hydrogen-bond donors (Lipinski definition) is 0. The largest absolute Gasteiger partial charge is 0.281 e. The smallest absolute Gasteiger partial charge is 0.195 e. The highest BCUT2D eigenvalue weighted by molar-refractivity contribution is 7.86. The molecule has 0 fully saturated rings. The quantitative estimate of drug-likeness (QED) is 0.795. The molecule has 1 rings (SSSR count). The van der Waals surface area contributed by atoms with Crippen molar-refractivity contribution in [2.45, 2.75) is 19.9 Å². The van der Waals surface area contributed by atoms with Crippen LogP contribution in [0.4, 0.5) is 0 Å². The fraction of sp³-hybridized carbons (Fsp3) is 0.462. The van der Waals surface area contributed by atoms with Crippen LogP contribution >= 0.6 is 0 Å². The van der Waals surface area contributed by atoms with E-state index >= 15 is 0 Å². The molecule has 0 saturated heterocycles. The first kappa shape index (κ1) is 15.6. The zero-order valence-electron chi connectivity index (χ0n) is 11.5. The highest BCUT2D eigenvalue weighted by atomic mass is 32.2. The van der Waals surface area contributed by atoms with Crippen molar-refractivity contribution in [3.63, 3.8) is 0 Å². The molecule has 0 unspecified atom stereocenters. The molecule has 104 valence electrons. The Hall–Kier alpha value is -1.42. The molecule has 0 spiro atoms. The Morgan fingerprint density at radius 2 is 1.79 bits per heavy atom. The van der Waals surface area contributed by atoms with Gasteiger partial charge in [-0.1, -0.05) is 19.1 Å². The minimum atomic E-state index is -3.41. The minimum absolute atomic E-state index is 0.320. The van der Waals surface area contributed by atoms with Crippen molar-refractivity contribution in [2.75, 3.05) is 20.6 Å². The van der Waals surface area contributed by atoms with Gasteiger partial charge in [-0.2, -0.15) is 22.3 Å². The number of nitriles is 1. The lowest BCUT2D eigenvalue weighted by Gasteiger charge is -2.25. The Bertz CT molecular complexity index is 544. The van der Waals surface area contributed by atoms with Crippen LogP contribution in [0.1, 0.15) is 24.5 Å². The molecule has 1 aromatic carbocycles. The van der Waals surface area contributed by atoms with Gasteiger partial charge in [0.1, 0.15) is 0 Å². The lowest BCUT2D eigenvalue weighted by Crippen LogP contribution is -2.40. The topological polar surface area (TPSA) is 64.4 Å². The maximum atomic E-state index is 12.1. The third kappa shape index (κ3) is 4.03. The van der Waals surface area contributed by atoms with Crippen LogP contribution in [0.5, 0.6) is 0 Å². The van der Waals surface area contributed by atoms with Crippen LogP contribution in [0.15, 0.2) is 24.3 Å². The summed E-state index contributed by atoms with van der Waals surface area (Å²) in [6.45, 7) is 2.73. The minimum Gasteiger partial charge on any atom is -0.195 e. The van der Waals surface area contributed by atoms with Crippen molar-refractivity contribution < 1.29 is 8.42 Å². The molecule has 0 saturated carbocycles. The molecule has 5 nitrogen and oxygen atoms in total. The number of benzene rings is 1. The molecule has 6 heteroatoms. The summed E-state index contributed by atoms with van der Waals surface area (Å²) in [6, 6.07) is 9.00. The summed E-state index contributed by atoms with van der Waals surface area (Å²) >= 11 is 0. The monoisotopic (exact) mass is 281 g/mol. The molecule has 0 aliphatic heterocycles. The van der Waals surface area contributed by atoms with E-state index in [0.717, 1.165) is 12.0 Å². The second-order valence-electron chi connectivity index (χ2n) is 4.43. The molecule has 0 atom stereocenters. The first-order valence-corrected chi connectivity index (χ1v) is 7.48. The van der Waals surface area contributed by atoms with E-state index in [1.54, 1.807) is 24.3 Å². The molecule has 1 aromatic rings. The standard InChI is InChI=1S/C13H19N3O2S/c1-4-9-16(19(17,18)15(2)3)11-13-7-5-12(10-14)6-8-13/h5-8H,4,9,11H2,1-3H3.